The van der Waals surface area contributed by atoms with E-state index in [1.807, 2.05) is 37.3 Å². The van der Waals surface area contributed by atoms with Crippen molar-refractivity contribution in [3.05, 3.63) is 89.5 Å². The molecule has 7 heteroatoms. The molecule has 164 valence electrons. The number of urea groups is 1. The number of methoxy groups -OCH3 is 1. The number of hydrogen-bond donors (Lipinski definition) is 3. The molecule has 0 bridgehead atoms. The Hall–Kier alpha value is -3.84. The quantitative estimate of drug-likeness (QED) is 0.554. The van der Waals surface area contributed by atoms with Crippen molar-refractivity contribution in [3.63, 3.8) is 0 Å². The number of carbonyl (C=O) groups excluding carboxylic acids is 2. The van der Waals surface area contributed by atoms with Crippen molar-refractivity contribution in [1.82, 2.24) is 5.32 Å². The van der Waals surface area contributed by atoms with Gasteiger partial charge in [0.2, 0.25) is 0 Å². The number of hydrogen-bond acceptors (Lipinski definition) is 4. The lowest BCUT2D eigenvalue weighted by Gasteiger charge is -2.42. The van der Waals surface area contributed by atoms with E-state index in [4.69, 9.17) is 4.74 Å². The standard InChI is InChI=1S/C25H25N3O4/c1-3-17-12-14-19(15-13-17)28-24(30)27-21-10-6-5-9-20(21)25(28,31)23(29)26-16-18-8-4-7-11-22(18)32-2/h4-15,31H,3,16H2,1-2H3,(H,26,29)(H,27,30)/t25-/m0/s1. The molecule has 1 aliphatic rings. The molecular weight excluding hydrogens is 406 g/mol. The summed E-state index contributed by atoms with van der Waals surface area (Å²) in [5.74, 6) is -0.0983. The molecule has 3 aromatic carbocycles. The van der Waals surface area contributed by atoms with Gasteiger partial charge in [0.25, 0.3) is 11.6 Å². The van der Waals surface area contributed by atoms with Gasteiger partial charge in [-0.15, -0.1) is 0 Å². The van der Waals surface area contributed by atoms with Gasteiger partial charge in [-0.05, 0) is 36.2 Å². The molecule has 1 heterocycles. The van der Waals surface area contributed by atoms with Gasteiger partial charge in [0, 0.05) is 23.4 Å². The second-order valence-corrected chi connectivity index (χ2v) is 7.50. The Morgan fingerprint density at radius 1 is 1.06 bits per heavy atom. The highest BCUT2D eigenvalue weighted by atomic mass is 16.5. The maximum absolute atomic E-state index is 13.5. The van der Waals surface area contributed by atoms with Crippen LogP contribution in [0.3, 0.4) is 0 Å². The van der Waals surface area contributed by atoms with Crippen LogP contribution in [0.25, 0.3) is 0 Å². The monoisotopic (exact) mass is 431 g/mol. The molecule has 0 fully saturated rings. The summed E-state index contributed by atoms with van der Waals surface area (Å²) >= 11 is 0. The molecule has 7 nitrogen and oxygen atoms in total. The fourth-order valence-corrected chi connectivity index (χ4v) is 3.89. The molecule has 0 aromatic heterocycles. The normalized spacial score (nSPS) is 17.3. The summed E-state index contributed by atoms with van der Waals surface area (Å²) in [5, 5.41) is 17.4. The number of para-hydroxylation sites is 2. The van der Waals surface area contributed by atoms with Crippen LogP contribution < -0.4 is 20.3 Å². The number of fused-ring (bicyclic) bond motifs is 1. The van der Waals surface area contributed by atoms with E-state index < -0.39 is 17.7 Å². The average molecular weight is 431 g/mol. The Morgan fingerprint density at radius 2 is 1.75 bits per heavy atom. The van der Waals surface area contributed by atoms with Crippen LogP contribution in [0.4, 0.5) is 16.2 Å². The third-order valence-electron chi connectivity index (χ3n) is 5.62. The number of aryl methyl sites for hydroxylation is 1. The number of nitrogens with zero attached hydrogens (tertiary/aromatic N) is 1. The van der Waals surface area contributed by atoms with Crippen LogP contribution >= 0.6 is 0 Å². The van der Waals surface area contributed by atoms with Crippen molar-refractivity contribution in [2.45, 2.75) is 25.6 Å². The van der Waals surface area contributed by atoms with Gasteiger partial charge >= 0.3 is 6.03 Å². The molecular formula is C25H25N3O4. The fourth-order valence-electron chi connectivity index (χ4n) is 3.89. The third-order valence-corrected chi connectivity index (χ3v) is 5.62. The molecule has 0 spiro atoms. The van der Waals surface area contributed by atoms with Crippen LogP contribution in [0.5, 0.6) is 5.75 Å². The van der Waals surface area contributed by atoms with Gasteiger partial charge in [-0.2, -0.15) is 0 Å². The summed E-state index contributed by atoms with van der Waals surface area (Å²) in [4.78, 5) is 27.6. The zero-order valence-corrected chi connectivity index (χ0v) is 18.0. The van der Waals surface area contributed by atoms with Crippen LogP contribution in [0.2, 0.25) is 0 Å². The second-order valence-electron chi connectivity index (χ2n) is 7.50. The lowest BCUT2D eigenvalue weighted by Crippen LogP contribution is -2.62. The van der Waals surface area contributed by atoms with Gasteiger partial charge < -0.3 is 20.5 Å². The third kappa shape index (κ3) is 3.67. The molecule has 1 aliphatic heterocycles. The van der Waals surface area contributed by atoms with Crippen molar-refractivity contribution in [3.8, 4) is 5.75 Å². The average Bonchev–Trinajstić information content (AvgIpc) is 2.83. The van der Waals surface area contributed by atoms with Gasteiger partial charge in [0.15, 0.2) is 0 Å². The van der Waals surface area contributed by atoms with Crippen LogP contribution in [-0.2, 0) is 23.5 Å². The maximum atomic E-state index is 13.5. The molecule has 1 atom stereocenters. The Bertz CT molecular complexity index is 1150. The second kappa shape index (κ2) is 8.72. The number of ether oxygens (including phenoxy) is 1. The van der Waals surface area contributed by atoms with Crippen molar-refractivity contribution < 1.29 is 19.4 Å². The maximum Gasteiger partial charge on any atom is 0.329 e. The lowest BCUT2D eigenvalue weighted by molar-refractivity contribution is -0.140. The summed E-state index contributed by atoms with van der Waals surface area (Å²) in [6, 6.07) is 20.6. The Morgan fingerprint density at radius 3 is 2.47 bits per heavy atom. The lowest BCUT2D eigenvalue weighted by atomic mass is 9.94. The number of carbonyl (C=O) groups is 2. The molecule has 0 saturated carbocycles. The molecule has 3 aromatic rings. The smallest absolute Gasteiger partial charge is 0.329 e. The van der Waals surface area contributed by atoms with Crippen molar-refractivity contribution in [2.75, 3.05) is 17.3 Å². The topological polar surface area (TPSA) is 90.9 Å². The number of nitrogens with one attached hydrogen (secondary N) is 2. The number of amides is 3. The zero-order valence-electron chi connectivity index (χ0n) is 18.0. The van der Waals surface area contributed by atoms with Gasteiger partial charge in [-0.1, -0.05) is 55.5 Å². The van der Waals surface area contributed by atoms with Crippen LogP contribution in [0.1, 0.15) is 23.6 Å². The zero-order chi connectivity index (χ0) is 22.7. The minimum atomic E-state index is -2.24. The number of benzene rings is 3. The number of rotatable bonds is 6. The number of aliphatic hydroxyl groups is 1. The Labute approximate surface area is 186 Å². The Kier molecular flexibility index (Phi) is 5.83. The van der Waals surface area contributed by atoms with E-state index in [9.17, 15) is 14.7 Å². The summed E-state index contributed by atoms with van der Waals surface area (Å²) in [6.07, 6.45) is 0.832. The van der Waals surface area contributed by atoms with Crippen LogP contribution in [-0.4, -0.2) is 24.2 Å². The van der Waals surface area contributed by atoms with E-state index in [2.05, 4.69) is 10.6 Å². The van der Waals surface area contributed by atoms with Gasteiger partial charge in [-0.3, -0.25) is 9.69 Å². The molecule has 0 unspecified atom stereocenters. The van der Waals surface area contributed by atoms with Gasteiger partial charge in [-0.25, -0.2) is 4.79 Å². The highest BCUT2D eigenvalue weighted by molar-refractivity contribution is 6.11. The van der Waals surface area contributed by atoms with E-state index in [-0.39, 0.29) is 12.1 Å². The molecule has 0 saturated heterocycles. The summed E-state index contributed by atoms with van der Waals surface area (Å²) in [6.45, 7) is 2.15. The van der Waals surface area contributed by atoms with Gasteiger partial charge in [0.05, 0.1) is 12.8 Å². The summed E-state index contributed by atoms with van der Waals surface area (Å²) in [7, 11) is 1.55. The van der Waals surface area contributed by atoms with Gasteiger partial charge in [0.1, 0.15) is 5.75 Å². The van der Waals surface area contributed by atoms with E-state index in [0.717, 1.165) is 22.4 Å². The highest BCUT2D eigenvalue weighted by Gasteiger charge is 2.51. The minimum Gasteiger partial charge on any atom is -0.496 e. The first-order chi connectivity index (χ1) is 15.5. The van der Waals surface area contributed by atoms with Crippen LogP contribution in [0, 0.1) is 0 Å². The van der Waals surface area contributed by atoms with E-state index in [1.54, 1.807) is 49.6 Å². The Balaban J connectivity index is 1.74. The molecule has 3 N–H and O–H groups in total. The highest BCUT2D eigenvalue weighted by Crippen LogP contribution is 2.39. The predicted octanol–water partition coefficient (Wildman–Crippen LogP) is 3.77. The SMILES string of the molecule is CCc1ccc(N2C(=O)Nc3ccccc3[C@]2(O)C(=O)NCc2ccccc2OC)cc1. The van der Waals surface area contributed by atoms with Crippen molar-refractivity contribution in [2.24, 2.45) is 0 Å². The first kappa shape index (κ1) is 21.4. The first-order valence-corrected chi connectivity index (χ1v) is 10.4. The van der Waals surface area contributed by atoms with Crippen molar-refractivity contribution in [1.29, 1.82) is 0 Å². The summed E-state index contributed by atoms with van der Waals surface area (Å²) < 4.78 is 5.35. The molecule has 4 rings (SSSR count). The molecule has 0 aliphatic carbocycles. The molecule has 32 heavy (non-hydrogen) atoms. The number of anilines is 2. The fraction of sp³-hybridized carbons (Fsp3) is 0.200. The van der Waals surface area contributed by atoms with Crippen LogP contribution in [0.15, 0.2) is 72.8 Å². The largest absolute Gasteiger partial charge is 0.496 e. The molecule has 3 amide bonds. The van der Waals surface area contributed by atoms with E-state index >= 15 is 0 Å². The molecule has 0 radical (unpaired) electrons. The van der Waals surface area contributed by atoms with Crippen molar-refractivity contribution >= 4 is 23.3 Å². The predicted molar refractivity (Wildman–Crippen MR) is 122 cm³/mol. The minimum absolute atomic E-state index is 0.123. The first-order valence-electron chi connectivity index (χ1n) is 10.4. The summed E-state index contributed by atoms with van der Waals surface area (Å²) in [5.41, 5.74) is 0.666. The van der Waals surface area contributed by atoms with E-state index in [0.29, 0.717) is 17.1 Å². The van der Waals surface area contributed by atoms with E-state index in [1.165, 1.54) is 0 Å².